The van der Waals surface area contributed by atoms with Gasteiger partial charge >= 0.3 is 0 Å². The first-order chi connectivity index (χ1) is 19.7. The Labute approximate surface area is 238 Å². The fourth-order valence-electron chi connectivity index (χ4n) is 7.64. The Balaban J connectivity index is 1.30. The zero-order valence-corrected chi connectivity index (χ0v) is 23.7. The molecule has 1 aromatic heterocycles. The number of aliphatic hydroxyl groups excluding tert-OH is 1. The highest BCUT2D eigenvalue weighted by Gasteiger charge is 2.48. The molecule has 3 aliphatic heterocycles. The lowest BCUT2D eigenvalue weighted by Gasteiger charge is -2.47. The van der Waals surface area contributed by atoms with Crippen molar-refractivity contribution in [3.8, 4) is 11.1 Å². The van der Waals surface area contributed by atoms with Gasteiger partial charge in [0.25, 0.3) is 6.43 Å². The van der Waals surface area contributed by atoms with E-state index in [1.54, 1.807) is 37.1 Å². The van der Waals surface area contributed by atoms with E-state index >= 15 is 0 Å². The number of aryl methyl sites for hydroxylation is 2. The SMILES string of the molecule is CC(=O)N1CCC2=C(C1)C(N1CCCc3cc(-c4cnn(C)c4)c(C(F)F)cc31)=N[N+]2=C1CCC2(CC1)CC(O)C2. The van der Waals surface area contributed by atoms with Crippen molar-refractivity contribution >= 4 is 23.1 Å². The number of hydrazone groups is 1. The second-order valence-corrected chi connectivity index (χ2v) is 12.5. The first-order valence-corrected chi connectivity index (χ1v) is 14.8. The number of aromatic nitrogens is 2. The summed E-state index contributed by atoms with van der Waals surface area (Å²) in [6.07, 6.45) is 8.83. The van der Waals surface area contributed by atoms with E-state index < -0.39 is 6.43 Å². The minimum atomic E-state index is -2.63. The summed E-state index contributed by atoms with van der Waals surface area (Å²) in [6.45, 7) is 3.41. The number of halogens is 2. The molecule has 1 N–H and O–H groups in total. The molecule has 1 spiro atoms. The summed E-state index contributed by atoms with van der Waals surface area (Å²) in [7, 11) is 1.79. The molecular formula is C31H37F2N6O2+. The van der Waals surface area contributed by atoms with Crippen molar-refractivity contribution in [1.29, 1.82) is 0 Å². The molecular weight excluding hydrogens is 526 g/mol. The van der Waals surface area contributed by atoms with Gasteiger partial charge in [0.05, 0.1) is 30.8 Å². The summed E-state index contributed by atoms with van der Waals surface area (Å²) in [5, 5.41) is 19.3. The molecule has 7 rings (SSSR count). The largest absolute Gasteiger partial charge is 0.393 e. The van der Waals surface area contributed by atoms with Crippen LogP contribution in [0.3, 0.4) is 0 Å². The Bertz CT molecular complexity index is 1500. The first kappa shape index (κ1) is 26.5. The van der Waals surface area contributed by atoms with Gasteiger partial charge in [-0.3, -0.25) is 9.48 Å². The summed E-state index contributed by atoms with van der Waals surface area (Å²) >= 11 is 0. The van der Waals surface area contributed by atoms with Crippen molar-refractivity contribution in [2.75, 3.05) is 24.5 Å². The molecule has 41 heavy (non-hydrogen) atoms. The number of carbonyl (C=O) groups is 1. The molecule has 8 nitrogen and oxygen atoms in total. The Morgan fingerprint density at radius 3 is 2.59 bits per heavy atom. The van der Waals surface area contributed by atoms with Crippen molar-refractivity contribution in [1.82, 2.24) is 14.7 Å². The Kier molecular flexibility index (Phi) is 6.37. The molecule has 2 saturated carbocycles. The number of alkyl halides is 2. The van der Waals surface area contributed by atoms with E-state index in [-0.39, 0.29) is 23.0 Å². The molecule has 216 valence electrons. The average molecular weight is 564 g/mol. The standard InChI is InChI=1S/C31H37F2N6O2/c1-19(40)37-11-7-27-26(18-37)30(35-39(27)22-5-8-31(9-6-22)14-23(41)15-31)38-10-3-4-20-12-24(21-16-34-36(2)17-21)25(29(32)33)13-28(20)38/h12-13,16-17,23,29,41H,3-11,14-15,18H2,1-2H3/q+1. The number of carbonyl (C=O) groups excluding carboxylic acids is 1. The van der Waals surface area contributed by atoms with Crippen molar-refractivity contribution in [3.63, 3.8) is 0 Å². The van der Waals surface area contributed by atoms with E-state index in [2.05, 4.69) is 14.7 Å². The number of aliphatic hydroxyl groups is 1. The molecule has 10 heteroatoms. The van der Waals surface area contributed by atoms with Crippen LogP contribution in [0.5, 0.6) is 0 Å². The zero-order valence-electron chi connectivity index (χ0n) is 23.7. The molecule has 0 saturated heterocycles. The van der Waals surface area contributed by atoms with Crippen molar-refractivity contribution < 1.29 is 23.4 Å². The second-order valence-electron chi connectivity index (χ2n) is 12.5. The lowest BCUT2D eigenvalue weighted by molar-refractivity contribution is -0.485. The monoisotopic (exact) mass is 563 g/mol. The minimum absolute atomic E-state index is 0.00282. The maximum absolute atomic E-state index is 14.5. The first-order valence-electron chi connectivity index (χ1n) is 14.8. The fourth-order valence-corrected chi connectivity index (χ4v) is 7.64. The minimum Gasteiger partial charge on any atom is -0.393 e. The van der Waals surface area contributed by atoms with Gasteiger partial charge in [0.2, 0.25) is 17.4 Å². The molecule has 2 aromatic rings. The highest BCUT2D eigenvalue weighted by atomic mass is 19.3. The number of hydrogen-bond donors (Lipinski definition) is 1. The van der Waals surface area contributed by atoms with Crippen molar-refractivity contribution in [2.45, 2.75) is 77.2 Å². The number of anilines is 1. The predicted molar refractivity (Wildman–Crippen MR) is 152 cm³/mol. The third kappa shape index (κ3) is 4.51. The molecule has 5 aliphatic rings. The summed E-state index contributed by atoms with van der Waals surface area (Å²) in [5.74, 6) is 0.818. The van der Waals surface area contributed by atoms with E-state index in [1.807, 2.05) is 11.0 Å². The number of amidine groups is 1. The van der Waals surface area contributed by atoms with Gasteiger partial charge in [-0.05, 0) is 67.2 Å². The highest BCUT2D eigenvalue weighted by molar-refractivity contribution is 6.12. The van der Waals surface area contributed by atoms with Crippen LogP contribution in [0, 0.1) is 5.41 Å². The highest BCUT2D eigenvalue weighted by Crippen LogP contribution is 2.51. The van der Waals surface area contributed by atoms with Crippen LogP contribution in [0.1, 0.15) is 75.8 Å². The molecule has 4 heterocycles. The Morgan fingerprint density at radius 2 is 1.93 bits per heavy atom. The third-order valence-corrected chi connectivity index (χ3v) is 9.88. The van der Waals surface area contributed by atoms with Crippen LogP contribution in [0.25, 0.3) is 11.1 Å². The van der Waals surface area contributed by atoms with Gasteiger partial charge in [-0.2, -0.15) is 5.10 Å². The Morgan fingerprint density at radius 1 is 1.15 bits per heavy atom. The summed E-state index contributed by atoms with van der Waals surface area (Å²) < 4.78 is 32.7. The maximum Gasteiger partial charge on any atom is 0.264 e. The van der Waals surface area contributed by atoms with Crippen LogP contribution in [0.4, 0.5) is 14.5 Å². The van der Waals surface area contributed by atoms with Gasteiger partial charge in [0, 0.05) is 68.0 Å². The van der Waals surface area contributed by atoms with Crippen LogP contribution >= 0.6 is 0 Å². The summed E-state index contributed by atoms with van der Waals surface area (Å²) in [4.78, 5) is 16.4. The van der Waals surface area contributed by atoms with Crippen LogP contribution in [-0.2, 0) is 18.3 Å². The Hall–Kier alpha value is -3.40. The molecule has 1 aromatic carbocycles. The number of amides is 1. The number of hydrogen-bond acceptors (Lipinski definition) is 5. The molecule has 0 unspecified atom stereocenters. The van der Waals surface area contributed by atoms with Gasteiger partial charge in [-0.25, -0.2) is 8.78 Å². The number of fused-ring (bicyclic) bond motifs is 1. The number of benzene rings is 1. The molecule has 0 atom stereocenters. The fraction of sp³-hybridized carbons (Fsp3) is 0.548. The lowest BCUT2D eigenvalue weighted by Crippen LogP contribution is -2.44. The average Bonchev–Trinajstić information content (AvgIpc) is 3.55. The van der Waals surface area contributed by atoms with Crippen molar-refractivity contribution in [2.24, 2.45) is 17.6 Å². The molecule has 1 amide bonds. The van der Waals surface area contributed by atoms with Crippen molar-refractivity contribution in [3.05, 3.63) is 46.9 Å². The zero-order chi connectivity index (χ0) is 28.5. The molecule has 0 radical (unpaired) electrons. The van der Waals surface area contributed by atoms with Gasteiger partial charge in [0.1, 0.15) is 0 Å². The quantitative estimate of drug-likeness (QED) is 0.534. The van der Waals surface area contributed by atoms with Gasteiger partial charge < -0.3 is 14.9 Å². The van der Waals surface area contributed by atoms with E-state index in [0.717, 1.165) is 86.1 Å². The van der Waals surface area contributed by atoms with E-state index in [0.29, 0.717) is 30.8 Å². The smallest absolute Gasteiger partial charge is 0.264 e. The summed E-state index contributed by atoms with van der Waals surface area (Å²) in [6, 6.07) is 3.56. The van der Waals surface area contributed by atoms with Gasteiger partial charge in [-0.1, -0.05) is 4.68 Å². The topological polar surface area (TPSA) is 77.0 Å². The third-order valence-electron chi connectivity index (χ3n) is 9.88. The van der Waals surface area contributed by atoms with Gasteiger partial charge in [0.15, 0.2) is 5.71 Å². The van der Waals surface area contributed by atoms with E-state index in [1.165, 1.54) is 5.71 Å². The lowest BCUT2D eigenvalue weighted by atomic mass is 9.59. The normalized spacial score (nSPS) is 26.0. The van der Waals surface area contributed by atoms with Gasteiger partial charge in [-0.15, -0.1) is 0 Å². The van der Waals surface area contributed by atoms with E-state index in [4.69, 9.17) is 5.10 Å². The molecule has 2 fully saturated rings. The van der Waals surface area contributed by atoms with Crippen LogP contribution in [0.15, 0.2) is 40.9 Å². The number of rotatable bonds is 2. The second kappa shape index (κ2) is 9.86. The molecule has 0 bridgehead atoms. The summed E-state index contributed by atoms with van der Waals surface area (Å²) in [5.41, 5.74) is 6.74. The van der Waals surface area contributed by atoms with Crippen LogP contribution in [0.2, 0.25) is 0 Å². The van der Waals surface area contributed by atoms with Crippen LogP contribution < -0.4 is 4.90 Å². The maximum atomic E-state index is 14.5. The predicted octanol–water partition coefficient (Wildman–Crippen LogP) is 4.78. The van der Waals surface area contributed by atoms with E-state index in [9.17, 15) is 18.7 Å². The molecule has 2 aliphatic carbocycles. The number of nitrogens with zero attached hydrogens (tertiary/aromatic N) is 6. The van der Waals surface area contributed by atoms with Crippen LogP contribution in [-0.4, -0.2) is 67.7 Å².